The third-order valence-electron chi connectivity index (χ3n) is 5.62. The first-order valence-electron chi connectivity index (χ1n) is 10.6. The van der Waals surface area contributed by atoms with Gasteiger partial charge in [-0.1, -0.05) is 48.0 Å². The van der Waals surface area contributed by atoms with Crippen LogP contribution in [-0.2, 0) is 13.0 Å². The molecule has 0 aliphatic carbocycles. The Morgan fingerprint density at radius 3 is 2.50 bits per heavy atom. The number of rotatable bonds is 2. The maximum Gasteiger partial charge on any atom is 0.122 e. The van der Waals surface area contributed by atoms with Crippen LogP contribution in [0.1, 0.15) is 29.5 Å². The molecular weight excluding hydrogens is 382 g/mol. The summed E-state index contributed by atoms with van der Waals surface area (Å²) in [7, 11) is 0. The van der Waals surface area contributed by atoms with Gasteiger partial charge in [0.1, 0.15) is 30.7 Å². The Labute approximate surface area is 178 Å². The standard InChI is InChI=1S/C24H33NO5/c1-17-7-6-8-18(13-17)14-25-12-5-4-10-19-9-2-3-11-22(19)30-16-21(27)24(29)23(28)20(26)15-25/h2-3,6-9,11,13,20-21,23-24,26-29H,4-5,10,12,14-16H2,1H3/t20-,21+,23+,24+/m0/s1. The fourth-order valence-electron chi connectivity index (χ4n) is 3.91. The molecule has 0 saturated carbocycles. The highest BCUT2D eigenvalue weighted by atomic mass is 16.5. The lowest BCUT2D eigenvalue weighted by atomic mass is 10.0. The highest BCUT2D eigenvalue weighted by Crippen LogP contribution is 2.22. The van der Waals surface area contributed by atoms with Gasteiger partial charge in [-0.25, -0.2) is 0 Å². The second-order valence-corrected chi connectivity index (χ2v) is 8.22. The van der Waals surface area contributed by atoms with Gasteiger partial charge in [-0.3, -0.25) is 4.90 Å². The zero-order chi connectivity index (χ0) is 21.5. The number of para-hydroxylation sites is 1. The predicted molar refractivity (Wildman–Crippen MR) is 115 cm³/mol. The second kappa shape index (κ2) is 10.9. The molecule has 164 valence electrons. The molecule has 0 saturated heterocycles. The first-order chi connectivity index (χ1) is 14.4. The number of ether oxygens (including phenoxy) is 1. The Morgan fingerprint density at radius 1 is 0.933 bits per heavy atom. The van der Waals surface area contributed by atoms with Crippen molar-refractivity contribution in [1.29, 1.82) is 0 Å². The molecule has 6 heteroatoms. The third kappa shape index (κ3) is 6.27. The summed E-state index contributed by atoms with van der Waals surface area (Å²) in [5.74, 6) is 0.674. The lowest BCUT2D eigenvalue weighted by Gasteiger charge is -2.31. The van der Waals surface area contributed by atoms with Crippen LogP contribution < -0.4 is 4.74 Å². The molecule has 1 heterocycles. The van der Waals surface area contributed by atoms with E-state index in [1.54, 1.807) is 0 Å². The molecule has 0 aromatic heterocycles. The first-order valence-corrected chi connectivity index (χ1v) is 10.6. The molecule has 3 rings (SSSR count). The molecule has 30 heavy (non-hydrogen) atoms. The van der Waals surface area contributed by atoms with Gasteiger partial charge in [0.15, 0.2) is 0 Å². The molecule has 0 unspecified atom stereocenters. The molecule has 0 radical (unpaired) electrons. The summed E-state index contributed by atoms with van der Waals surface area (Å²) in [6.45, 7) is 3.48. The number of hydrogen-bond acceptors (Lipinski definition) is 6. The van der Waals surface area contributed by atoms with Crippen LogP contribution in [0.3, 0.4) is 0 Å². The average Bonchev–Trinajstić information content (AvgIpc) is 2.73. The Balaban J connectivity index is 1.77. The van der Waals surface area contributed by atoms with Gasteiger partial charge in [-0.2, -0.15) is 0 Å². The fraction of sp³-hybridized carbons (Fsp3) is 0.500. The van der Waals surface area contributed by atoms with Crippen molar-refractivity contribution in [3.8, 4) is 5.75 Å². The Kier molecular flexibility index (Phi) is 8.24. The molecule has 0 bridgehead atoms. The smallest absolute Gasteiger partial charge is 0.122 e. The number of aliphatic hydroxyl groups is 4. The summed E-state index contributed by atoms with van der Waals surface area (Å²) >= 11 is 0. The first kappa shape index (κ1) is 22.7. The van der Waals surface area contributed by atoms with Crippen LogP contribution in [0.2, 0.25) is 0 Å². The van der Waals surface area contributed by atoms with Gasteiger partial charge >= 0.3 is 0 Å². The van der Waals surface area contributed by atoms with Crippen LogP contribution in [0.5, 0.6) is 5.75 Å². The number of β-amino-alcohol motifs (C(OH)–C–C–N with tert-alkyl or cyclic N) is 1. The molecule has 0 spiro atoms. The molecule has 0 amide bonds. The Hall–Kier alpha value is -1.96. The van der Waals surface area contributed by atoms with Crippen LogP contribution in [0, 0.1) is 6.92 Å². The molecule has 1 aliphatic heterocycles. The van der Waals surface area contributed by atoms with Crippen molar-refractivity contribution in [3.05, 3.63) is 65.2 Å². The lowest BCUT2D eigenvalue weighted by molar-refractivity contribution is -0.118. The number of aliphatic hydroxyl groups excluding tert-OH is 4. The van der Waals surface area contributed by atoms with Gasteiger partial charge in [-0.15, -0.1) is 0 Å². The van der Waals surface area contributed by atoms with E-state index in [9.17, 15) is 20.4 Å². The van der Waals surface area contributed by atoms with E-state index in [0.717, 1.165) is 36.9 Å². The van der Waals surface area contributed by atoms with Crippen molar-refractivity contribution in [2.45, 2.75) is 57.1 Å². The van der Waals surface area contributed by atoms with E-state index in [0.29, 0.717) is 12.3 Å². The largest absolute Gasteiger partial charge is 0.491 e. The van der Waals surface area contributed by atoms with Gasteiger partial charge in [0, 0.05) is 13.1 Å². The van der Waals surface area contributed by atoms with Gasteiger partial charge in [-0.05, 0) is 49.9 Å². The molecule has 4 N–H and O–H groups in total. The number of aryl methyl sites for hydroxylation is 2. The maximum atomic E-state index is 10.5. The summed E-state index contributed by atoms with van der Waals surface area (Å²) < 4.78 is 5.70. The molecule has 0 fully saturated rings. The molecule has 1 aliphatic rings. The van der Waals surface area contributed by atoms with Gasteiger partial charge in [0.05, 0.1) is 6.10 Å². The van der Waals surface area contributed by atoms with Gasteiger partial charge in [0.2, 0.25) is 0 Å². The topological polar surface area (TPSA) is 93.4 Å². The summed E-state index contributed by atoms with van der Waals surface area (Å²) in [5.41, 5.74) is 3.37. The summed E-state index contributed by atoms with van der Waals surface area (Å²) in [5, 5.41) is 41.5. The van der Waals surface area contributed by atoms with E-state index in [1.165, 1.54) is 5.56 Å². The summed E-state index contributed by atoms with van der Waals surface area (Å²) in [4.78, 5) is 2.09. The minimum Gasteiger partial charge on any atom is -0.491 e. The number of fused-ring (bicyclic) bond motifs is 1. The van der Waals surface area contributed by atoms with E-state index in [-0.39, 0.29) is 13.2 Å². The van der Waals surface area contributed by atoms with Crippen LogP contribution >= 0.6 is 0 Å². The average molecular weight is 416 g/mol. The van der Waals surface area contributed by atoms with Crippen molar-refractivity contribution < 1.29 is 25.2 Å². The number of hydrogen-bond donors (Lipinski definition) is 4. The van der Waals surface area contributed by atoms with Crippen LogP contribution in [-0.4, -0.2) is 69.4 Å². The number of benzene rings is 2. The van der Waals surface area contributed by atoms with Crippen molar-refractivity contribution in [2.75, 3.05) is 19.7 Å². The maximum absolute atomic E-state index is 10.5. The number of nitrogens with zero attached hydrogens (tertiary/aromatic N) is 1. The lowest BCUT2D eigenvalue weighted by Crippen LogP contribution is -2.50. The van der Waals surface area contributed by atoms with Crippen LogP contribution in [0.25, 0.3) is 0 Å². The Morgan fingerprint density at radius 2 is 1.70 bits per heavy atom. The zero-order valence-corrected chi connectivity index (χ0v) is 17.5. The summed E-state index contributed by atoms with van der Waals surface area (Å²) in [6.07, 6.45) is -2.75. The predicted octanol–water partition coefficient (Wildman–Crippen LogP) is 1.66. The second-order valence-electron chi connectivity index (χ2n) is 8.22. The van der Waals surface area contributed by atoms with Crippen LogP contribution in [0.4, 0.5) is 0 Å². The van der Waals surface area contributed by atoms with E-state index in [1.807, 2.05) is 49.4 Å². The van der Waals surface area contributed by atoms with Crippen molar-refractivity contribution in [3.63, 3.8) is 0 Å². The quantitative estimate of drug-likeness (QED) is 0.596. The molecular formula is C24H33NO5. The molecule has 4 atom stereocenters. The van der Waals surface area contributed by atoms with Crippen molar-refractivity contribution in [2.24, 2.45) is 0 Å². The minimum atomic E-state index is -1.50. The zero-order valence-electron chi connectivity index (χ0n) is 17.5. The van der Waals surface area contributed by atoms with Crippen molar-refractivity contribution >= 4 is 0 Å². The van der Waals surface area contributed by atoms with E-state index >= 15 is 0 Å². The van der Waals surface area contributed by atoms with Gasteiger partial charge < -0.3 is 25.2 Å². The normalized spacial score (nSPS) is 27.0. The highest BCUT2D eigenvalue weighted by molar-refractivity contribution is 5.33. The Bertz CT molecular complexity index is 799. The third-order valence-corrected chi connectivity index (χ3v) is 5.62. The minimum absolute atomic E-state index is 0.158. The van der Waals surface area contributed by atoms with Crippen molar-refractivity contribution in [1.82, 2.24) is 4.90 Å². The van der Waals surface area contributed by atoms with Crippen LogP contribution in [0.15, 0.2) is 48.5 Å². The van der Waals surface area contributed by atoms with E-state index < -0.39 is 24.4 Å². The summed E-state index contributed by atoms with van der Waals surface area (Å²) in [6, 6.07) is 15.9. The monoisotopic (exact) mass is 415 g/mol. The van der Waals surface area contributed by atoms with Gasteiger partial charge in [0.25, 0.3) is 0 Å². The molecule has 6 nitrogen and oxygen atoms in total. The van der Waals surface area contributed by atoms with E-state index in [2.05, 4.69) is 11.0 Å². The SMILES string of the molecule is Cc1cccc(CN2CCCCc3ccccc3OC[C@@H](O)[C@@H](O)[C@H](O)[C@@H](O)C2)c1. The highest BCUT2D eigenvalue weighted by Gasteiger charge is 2.32. The molecule has 2 aromatic rings. The van der Waals surface area contributed by atoms with E-state index in [4.69, 9.17) is 4.74 Å². The molecule has 2 aromatic carbocycles. The fourth-order valence-corrected chi connectivity index (χ4v) is 3.91.